The molecular formula is C13H38N2O. The van der Waals surface area contributed by atoms with Crippen LogP contribution in [0.5, 0.6) is 0 Å². The lowest BCUT2D eigenvalue weighted by molar-refractivity contribution is -0.127. The average molecular weight is 238 g/mol. The number of carbonyl (C=O) groups excluding carboxylic acids is 1. The van der Waals surface area contributed by atoms with Gasteiger partial charge in [0, 0.05) is 27.1 Å². The molecule has 0 spiro atoms. The number of amides is 1. The number of nitrogens with zero attached hydrogens (tertiary/aromatic N) is 1. The molecule has 0 saturated carbocycles. The number of hydrogen-bond acceptors (Lipinski definition) is 2. The van der Waals surface area contributed by atoms with Crippen molar-refractivity contribution in [2.45, 2.75) is 57.4 Å². The Bertz CT molecular complexity index is 117. The van der Waals surface area contributed by atoms with Gasteiger partial charge in [-0.3, -0.25) is 4.79 Å². The zero-order valence-electron chi connectivity index (χ0n) is 7.68. The quantitative estimate of drug-likeness (QED) is 0.742. The Morgan fingerprint density at radius 1 is 1.06 bits per heavy atom. The molecule has 0 aliphatic rings. The molecule has 0 unspecified atom stereocenters. The first-order chi connectivity index (χ1) is 5.18. The van der Waals surface area contributed by atoms with E-state index in [9.17, 15) is 4.79 Å². The van der Waals surface area contributed by atoms with Gasteiger partial charge in [0.1, 0.15) is 0 Å². The number of likely N-dealkylation sites (N-methyl/N-ethyl adjacent to an activating group) is 1. The van der Waals surface area contributed by atoms with Crippen molar-refractivity contribution in [3.05, 3.63) is 0 Å². The molecule has 0 heterocycles. The Hall–Kier alpha value is -0.570. The van der Waals surface area contributed by atoms with Crippen molar-refractivity contribution >= 4 is 5.91 Å². The minimum atomic E-state index is 0. The third-order valence-electron chi connectivity index (χ3n) is 1.59. The second-order valence-corrected chi connectivity index (χ2v) is 2.69. The Labute approximate surface area is 106 Å². The van der Waals surface area contributed by atoms with Crippen molar-refractivity contribution in [1.29, 1.82) is 0 Å². The molecule has 0 aromatic heterocycles. The van der Waals surface area contributed by atoms with Crippen molar-refractivity contribution < 1.29 is 4.79 Å². The third kappa shape index (κ3) is 23.3. The largest absolute Gasteiger partial charge is 0.345 e. The van der Waals surface area contributed by atoms with E-state index in [-0.39, 0.29) is 43.0 Å². The number of hydrogen-bond donors (Lipinski definition) is 1. The van der Waals surface area contributed by atoms with Crippen LogP contribution in [0, 0.1) is 0 Å². The van der Waals surface area contributed by atoms with Crippen LogP contribution in [0.2, 0.25) is 0 Å². The summed E-state index contributed by atoms with van der Waals surface area (Å²) in [6, 6.07) is 0. The van der Waals surface area contributed by atoms with E-state index in [4.69, 9.17) is 0 Å². The summed E-state index contributed by atoms with van der Waals surface area (Å²) in [5.41, 5.74) is 0. The summed E-state index contributed by atoms with van der Waals surface area (Å²) in [5, 5.41) is 3.23. The SMILES string of the molecule is C.C.C.C.C.CCCNCCN(C)C(C)=O. The fraction of sp³-hybridized carbons (Fsp3) is 0.923. The summed E-state index contributed by atoms with van der Waals surface area (Å²) in [7, 11) is 1.82. The summed E-state index contributed by atoms with van der Waals surface area (Å²) in [6.45, 7) is 6.44. The molecule has 0 atom stereocenters. The summed E-state index contributed by atoms with van der Waals surface area (Å²) >= 11 is 0. The van der Waals surface area contributed by atoms with Gasteiger partial charge in [-0.2, -0.15) is 0 Å². The second-order valence-electron chi connectivity index (χ2n) is 2.69. The summed E-state index contributed by atoms with van der Waals surface area (Å²) in [5.74, 6) is 0.128. The van der Waals surface area contributed by atoms with E-state index in [0.29, 0.717) is 0 Å². The van der Waals surface area contributed by atoms with Gasteiger partial charge in [-0.1, -0.05) is 44.1 Å². The van der Waals surface area contributed by atoms with E-state index in [1.165, 1.54) is 0 Å². The maximum atomic E-state index is 10.7. The summed E-state index contributed by atoms with van der Waals surface area (Å²) in [4.78, 5) is 12.4. The third-order valence-corrected chi connectivity index (χ3v) is 1.59. The molecule has 3 nitrogen and oxygen atoms in total. The van der Waals surface area contributed by atoms with E-state index in [1.807, 2.05) is 7.05 Å². The van der Waals surface area contributed by atoms with Crippen LogP contribution in [0.3, 0.4) is 0 Å². The maximum Gasteiger partial charge on any atom is 0.219 e. The van der Waals surface area contributed by atoms with Gasteiger partial charge in [0.15, 0.2) is 0 Å². The molecule has 0 aromatic carbocycles. The lowest BCUT2D eigenvalue weighted by Crippen LogP contribution is -2.32. The van der Waals surface area contributed by atoms with Gasteiger partial charge in [0.05, 0.1) is 0 Å². The molecule has 0 aliphatic heterocycles. The molecule has 106 valence electrons. The second kappa shape index (κ2) is 23.9. The van der Waals surface area contributed by atoms with Gasteiger partial charge in [-0.25, -0.2) is 0 Å². The number of carbonyl (C=O) groups is 1. The van der Waals surface area contributed by atoms with Crippen LogP contribution in [0.25, 0.3) is 0 Å². The molecule has 0 saturated heterocycles. The predicted molar refractivity (Wildman–Crippen MR) is 80.1 cm³/mol. The minimum Gasteiger partial charge on any atom is -0.345 e. The maximum absolute atomic E-state index is 10.7. The topological polar surface area (TPSA) is 32.3 Å². The highest BCUT2D eigenvalue weighted by Crippen LogP contribution is 1.80. The highest BCUT2D eigenvalue weighted by atomic mass is 16.2. The van der Waals surface area contributed by atoms with E-state index >= 15 is 0 Å². The Balaban J connectivity index is -0.0000000500. The smallest absolute Gasteiger partial charge is 0.219 e. The monoisotopic (exact) mass is 238 g/mol. The van der Waals surface area contributed by atoms with Crippen LogP contribution in [0.1, 0.15) is 57.4 Å². The Morgan fingerprint density at radius 2 is 1.50 bits per heavy atom. The van der Waals surface area contributed by atoms with Crippen molar-refractivity contribution in [3.63, 3.8) is 0 Å². The molecule has 0 bridgehead atoms. The summed E-state index contributed by atoms with van der Waals surface area (Å²) < 4.78 is 0. The lowest BCUT2D eigenvalue weighted by atomic mass is 10.4. The molecule has 0 aliphatic carbocycles. The molecular weight excluding hydrogens is 200 g/mol. The van der Waals surface area contributed by atoms with Crippen LogP contribution in [0.4, 0.5) is 0 Å². The minimum absolute atomic E-state index is 0. The number of rotatable bonds is 5. The first kappa shape index (κ1) is 36.1. The summed E-state index contributed by atoms with van der Waals surface area (Å²) in [6.07, 6.45) is 1.14. The van der Waals surface area contributed by atoms with Crippen molar-refractivity contribution in [2.75, 3.05) is 26.7 Å². The zero-order valence-corrected chi connectivity index (χ0v) is 7.68. The molecule has 0 rings (SSSR count). The normalized spacial score (nSPS) is 6.69. The fourth-order valence-corrected chi connectivity index (χ4v) is 0.706. The molecule has 0 aromatic rings. The Morgan fingerprint density at radius 3 is 1.81 bits per heavy atom. The first-order valence-electron chi connectivity index (χ1n) is 4.11. The highest BCUT2D eigenvalue weighted by Gasteiger charge is 1.98. The zero-order chi connectivity index (χ0) is 8.69. The van der Waals surface area contributed by atoms with Gasteiger partial charge < -0.3 is 10.2 Å². The standard InChI is InChI=1S/C8H18N2O.5CH4/c1-4-5-9-6-7-10(3)8(2)11;;;;;/h9H,4-7H2,1-3H3;5*1H4. The van der Waals surface area contributed by atoms with Crippen LogP contribution in [0.15, 0.2) is 0 Å². The van der Waals surface area contributed by atoms with Gasteiger partial charge in [0.2, 0.25) is 5.91 Å². The van der Waals surface area contributed by atoms with Crippen LogP contribution < -0.4 is 5.32 Å². The average Bonchev–Trinajstić information content (AvgIpc) is 1.97. The van der Waals surface area contributed by atoms with E-state index in [2.05, 4.69) is 12.2 Å². The predicted octanol–water partition coefficient (Wildman–Crippen LogP) is 3.64. The molecule has 1 amide bonds. The van der Waals surface area contributed by atoms with Gasteiger partial charge >= 0.3 is 0 Å². The molecule has 0 radical (unpaired) electrons. The van der Waals surface area contributed by atoms with Crippen molar-refractivity contribution in [3.8, 4) is 0 Å². The van der Waals surface area contributed by atoms with Crippen LogP contribution >= 0.6 is 0 Å². The molecule has 0 fully saturated rings. The number of nitrogens with one attached hydrogen (secondary N) is 1. The van der Waals surface area contributed by atoms with Crippen molar-refractivity contribution in [1.82, 2.24) is 10.2 Å². The van der Waals surface area contributed by atoms with Crippen LogP contribution in [-0.2, 0) is 4.79 Å². The van der Waals surface area contributed by atoms with Gasteiger partial charge in [-0.05, 0) is 13.0 Å². The van der Waals surface area contributed by atoms with Gasteiger partial charge in [0.25, 0.3) is 0 Å². The highest BCUT2D eigenvalue weighted by molar-refractivity contribution is 5.72. The lowest BCUT2D eigenvalue weighted by Gasteiger charge is -2.14. The fourth-order valence-electron chi connectivity index (χ4n) is 0.706. The van der Waals surface area contributed by atoms with Gasteiger partial charge in [-0.15, -0.1) is 0 Å². The Kier molecular flexibility index (Phi) is 54.0. The molecule has 16 heavy (non-hydrogen) atoms. The van der Waals surface area contributed by atoms with Crippen LogP contribution in [-0.4, -0.2) is 37.5 Å². The molecule has 1 N–H and O–H groups in total. The van der Waals surface area contributed by atoms with E-state index in [1.54, 1.807) is 11.8 Å². The first-order valence-corrected chi connectivity index (χ1v) is 4.11. The van der Waals surface area contributed by atoms with Crippen molar-refractivity contribution in [2.24, 2.45) is 0 Å². The van der Waals surface area contributed by atoms with E-state index < -0.39 is 0 Å². The molecule has 3 heteroatoms. The van der Waals surface area contributed by atoms with E-state index in [0.717, 1.165) is 26.1 Å².